The highest BCUT2D eigenvalue weighted by molar-refractivity contribution is 5.96. The first-order valence-electron chi connectivity index (χ1n) is 13.2. The molecule has 2 aliphatic rings. The van der Waals surface area contributed by atoms with E-state index in [1.54, 1.807) is 24.3 Å². The fraction of sp³-hybridized carbons (Fsp3) is 0.310. The average Bonchev–Trinajstić information content (AvgIpc) is 3.35. The Bertz CT molecular complexity index is 1490. The molecule has 0 unspecified atom stereocenters. The van der Waals surface area contributed by atoms with Crippen LogP contribution in [0.15, 0.2) is 60.8 Å². The number of hydrogen-bond acceptors (Lipinski definition) is 6. The highest BCUT2D eigenvalue weighted by Gasteiger charge is 2.36. The molecule has 2 aliphatic heterocycles. The number of anilines is 2. The molecule has 1 N–H and O–H groups in total. The largest absolute Gasteiger partial charge is 0.442 e. The maximum Gasteiger partial charge on any atom is 0.417 e. The van der Waals surface area contributed by atoms with Crippen molar-refractivity contribution in [2.45, 2.75) is 19.2 Å². The number of halogens is 4. The number of hydrogen-bond donors (Lipinski definition) is 1. The molecule has 0 bridgehead atoms. The van der Waals surface area contributed by atoms with Crippen molar-refractivity contribution >= 4 is 29.4 Å². The van der Waals surface area contributed by atoms with Gasteiger partial charge in [-0.2, -0.15) is 13.2 Å². The predicted octanol–water partition coefficient (Wildman–Crippen LogP) is 4.33. The molecule has 42 heavy (non-hydrogen) atoms. The Morgan fingerprint density at radius 1 is 1.05 bits per heavy atom. The Kier molecular flexibility index (Phi) is 8.01. The summed E-state index contributed by atoms with van der Waals surface area (Å²) in [7, 11) is 0. The number of carbonyl (C=O) groups is 3. The van der Waals surface area contributed by atoms with Crippen LogP contribution in [0.25, 0.3) is 11.1 Å². The number of nitrogens with one attached hydrogen (secondary N) is 1. The average molecular weight is 586 g/mol. The van der Waals surface area contributed by atoms with Crippen molar-refractivity contribution in [1.29, 1.82) is 0 Å². The number of amides is 3. The van der Waals surface area contributed by atoms with Crippen LogP contribution >= 0.6 is 0 Å². The fourth-order valence-corrected chi connectivity index (χ4v) is 4.96. The van der Waals surface area contributed by atoms with E-state index >= 15 is 4.39 Å². The molecule has 0 saturated carbocycles. The number of pyridine rings is 1. The zero-order valence-electron chi connectivity index (χ0n) is 22.5. The van der Waals surface area contributed by atoms with Gasteiger partial charge >= 0.3 is 12.3 Å². The molecule has 0 aliphatic carbocycles. The second-order valence-corrected chi connectivity index (χ2v) is 9.95. The quantitative estimate of drug-likeness (QED) is 0.433. The van der Waals surface area contributed by atoms with Gasteiger partial charge in [0, 0.05) is 50.4 Å². The highest BCUT2D eigenvalue weighted by Crippen LogP contribution is 2.33. The number of alkyl halides is 3. The summed E-state index contributed by atoms with van der Waals surface area (Å²) >= 11 is 0. The molecule has 1 atom stereocenters. The van der Waals surface area contributed by atoms with Crippen molar-refractivity contribution in [1.82, 2.24) is 15.2 Å². The molecular weight excluding hydrogens is 558 g/mol. The Morgan fingerprint density at radius 2 is 1.79 bits per heavy atom. The van der Waals surface area contributed by atoms with E-state index in [4.69, 9.17) is 4.74 Å². The number of piperazine rings is 1. The van der Waals surface area contributed by atoms with Crippen LogP contribution in [0.5, 0.6) is 0 Å². The van der Waals surface area contributed by atoms with Crippen LogP contribution in [0, 0.1) is 5.82 Å². The minimum atomic E-state index is -4.63. The van der Waals surface area contributed by atoms with Gasteiger partial charge in [-0.05, 0) is 42.5 Å². The third-order valence-corrected chi connectivity index (χ3v) is 7.13. The molecule has 3 amide bonds. The molecule has 0 spiro atoms. The lowest BCUT2D eigenvalue weighted by Crippen LogP contribution is -2.49. The Morgan fingerprint density at radius 3 is 2.43 bits per heavy atom. The Hall–Kier alpha value is -4.68. The standard InChI is InChI=1S/C29H27F4N5O4/c1-18(39)34-16-21-17-38(28(41)42-21)20-7-8-22(25(30)14-20)19-6-9-26(35-15-19)36-10-12-37(13-11-36)27(40)23-4-2-3-5-24(23)29(31,32)33/h2-9,14-15,21H,10-13,16-17H2,1H3,(H,34,39)/t21-/m0/s1. The lowest BCUT2D eigenvalue weighted by molar-refractivity contribution is -0.138. The van der Waals surface area contributed by atoms with Crippen LogP contribution < -0.4 is 15.1 Å². The summed E-state index contributed by atoms with van der Waals surface area (Å²) in [4.78, 5) is 45.3. The smallest absolute Gasteiger partial charge is 0.417 e. The number of carbonyl (C=O) groups excluding carboxylic acids is 3. The third kappa shape index (κ3) is 6.14. The zero-order chi connectivity index (χ0) is 30.0. The van der Waals surface area contributed by atoms with Gasteiger partial charge in [0.1, 0.15) is 17.7 Å². The summed E-state index contributed by atoms with van der Waals surface area (Å²) < 4.78 is 60.4. The number of nitrogens with zero attached hydrogens (tertiary/aromatic N) is 4. The van der Waals surface area contributed by atoms with Crippen LogP contribution in [0.4, 0.5) is 33.9 Å². The number of ether oxygens (including phenoxy) is 1. The molecule has 2 fully saturated rings. The first-order valence-corrected chi connectivity index (χ1v) is 13.2. The lowest BCUT2D eigenvalue weighted by atomic mass is 10.1. The van der Waals surface area contributed by atoms with Gasteiger partial charge in [0.15, 0.2) is 0 Å². The molecule has 5 rings (SSSR count). The predicted molar refractivity (Wildman–Crippen MR) is 145 cm³/mol. The minimum absolute atomic E-state index is 0.160. The second kappa shape index (κ2) is 11.7. The topological polar surface area (TPSA) is 95.1 Å². The molecule has 2 saturated heterocycles. The highest BCUT2D eigenvalue weighted by atomic mass is 19.4. The van der Waals surface area contributed by atoms with Gasteiger partial charge in [-0.15, -0.1) is 0 Å². The normalized spacial score (nSPS) is 17.3. The van der Waals surface area contributed by atoms with Crippen molar-refractivity contribution in [2.75, 3.05) is 49.1 Å². The van der Waals surface area contributed by atoms with Crippen LogP contribution in [0.1, 0.15) is 22.8 Å². The zero-order valence-corrected chi connectivity index (χ0v) is 22.5. The molecular formula is C29H27F4N5O4. The Labute approximate surface area is 238 Å². The first-order chi connectivity index (χ1) is 20.0. The van der Waals surface area contributed by atoms with E-state index < -0.39 is 35.7 Å². The fourth-order valence-electron chi connectivity index (χ4n) is 4.96. The summed E-state index contributed by atoms with van der Waals surface area (Å²) in [6, 6.07) is 12.5. The maximum absolute atomic E-state index is 15.1. The lowest BCUT2D eigenvalue weighted by Gasteiger charge is -2.35. The van der Waals surface area contributed by atoms with Crippen molar-refractivity contribution in [3.8, 4) is 11.1 Å². The molecule has 2 aromatic carbocycles. The van der Waals surface area contributed by atoms with Crippen LogP contribution in [-0.4, -0.2) is 73.2 Å². The van der Waals surface area contributed by atoms with Crippen LogP contribution in [0.3, 0.4) is 0 Å². The first kappa shape index (κ1) is 28.8. The minimum Gasteiger partial charge on any atom is -0.442 e. The van der Waals surface area contributed by atoms with Crippen molar-refractivity contribution in [3.05, 3.63) is 77.7 Å². The maximum atomic E-state index is 15.1. The van der Waals surface area contributed by atoms with Gasteiger partial charge in [0.05, 0.1) is 29.9 Å². The second-order valence-electron chi connectivity index (χ2n) is 9.95. The van der Waals surface area contributed by atoms with Gasteiger partial charge in [-0.1, -0.05) is 12.1 Å². The van der Waals surface area contributed by atoms with E-state index in [9.17, 15) is 27.6 Å². The SMILES string of the molecule is CC(=O)NC[C@H]1CN(c2ccc(-c3ccc(N4CCN(C(=O)c5ccccc5C(F)(F)F)CC4)nc3)c(F)c2)C(=O)O1. The van der Waals surface area contributed by atoms with E-state index in [2.05, 4.69) is 10.3 Å². The molecule has 220 valence electrons. The molecule has 1 aromatic heterocycles. The summed E-state index contributed by atoms with van der Waals surface area (Å²) in [6.45, 7) is 2.85. The number of rotatable bonds is 6. The molecule has 3 aromatic rings. The van der Waals surface area contributed by atoms with E-state index in [-0.39, 0.29) is 43.2 Å². The van der Waals surface area contributed by atoms with Crippen molar-refractivity contribution in [3.63, 3.8) is 0 Å². The van der Waals surface area contributed by atoms with E-state index in [1.165, 1.54) is 47.2 Å². The number of aromatic nitrogens is 1. The van der Waals surface area contributed by atoms with Crippen molar-refractivity contribution in [2.24, 2.45) is 0 Å². The Balaban J connectivity index is 1.21. The third-order valence-electron chi connectivity index (χ3n) is 7.13. The molecule has 13 heteroatoms. The van der Waals surface area contributed by atoms with Crippen LogP contribution in [0.2, 0.25) is 0 Å². The van der Waals surface area contributed by atoms with Gasteiger partial charge in [-0.25, -0.2) is 14.2 Å². The number of cyclic esters (lactones) is 1. The van der Waals surface area contributed by atoms with Gasteiger partial charge < -0.3 is 19.9 Å². The molecule has 3 heterocycles. The molecule has 0 radical (unpaired) electrons. The summed E-state index contributed by atoms with van der Waals surface area (Å²) in [6.07, 6.45) is -4.29. The van der Waals surface area contributed by atoms with E-state index in [0.29, 0.717) is 30.2 Å². The molecule has 9 nitrogen and oxygen atoms in total. The van der Waals surface area contributed by atoms with Gasteiger partial charge in [0.2, 0.25) is 5.91 Å². The monoisotopic (exact) mass is 585 g/mol. The van der Waals surface area contributed by atoms with E-state index in [1.807, 2.05) is 4.90 Å². The van der Waals surface area contributed by atoms with Gasteiger partial charge in [-0.3, -0.25) is 14.5 Å². The number of benzene rings is 2. The summed E-state index contributed by atoms with van der Waals surface area (Å²) in [5.41, 5.74) is -0.227. The summed E-state index contributed by atoms with van der Waals surface area (Å²) in [5.74, 6) is -0.895. The van der Waals surface area contributed by atoms with E-state index in [0.717, 1.165) is 6.07 Å². The van der Waals surface area contributed by atoms with Gasteiger partial charge in [0.25, 0.3) is 5.91 Å². The van der Waals surface area contributed by atoms with Crippen molar-refractivity contribution < 1.29 is 36.7 Å². The summed E-state index contributed by atoms with van der Waals surface area (Å²) in [5, 5.41) is 2.59. The van der Waals surface area contributed by atoms with Crippen LogP contribution in [-0.2, 0) is 15.7 Å².